The van der Waals surface area contributed by atoms with E-state index in [4.69, 9.17) is 16.3 Å². The second-order valence-corrected chi connectivity index (χ2v) is 10.5. The lowest BCUT2D eigenvalue weighted by molar-refractivity contribution is -0.117. The third-order valence-electron chi connectivity index (χ3n) is 7.58. The number of nitrogens with zero attached hydrogens (tertiary/aromatic N) is 1. The van der Waals surface area contributed by atoms with Crippen LogP contribution in [0.2, 0.25) is 5.02 Å². The van der Waals surface area contributed by atoms with Crippen molar-refractivity contribution in [2.45, 2.75) is 45.7 Å². The van der Waals surface area contributed by atoms with Crippen LogP contribution in [-0.4, -0.2) is 17.9 Å². The van der Waals surface area contributed by atoms with Gasteiger partial charge in [0.15, 0.2) is 11.5 Å². The number of ether oxygens (including phenoxy) is 1. The van der Waals surface area contributed by atoms with Gasteiger partial charge in [0.2, 0.25) is 0 Å². The van der Waals surface area contributed by atoms with Gasteiger partial charge in [-0.15, -0.1) is 0 Å². The summed E-state index contributed by atoms with van der Waals surface area (Å²) < 4.78 is 6.00. The topological polar surface area (TPSA) is 58.6 Å². The predicted molar refractivity (Wildman–Crippen MR) is 148 cm³/mol. The lowest BCUT2D eigenvalue weighted by atomic mass is 9.78. The molecule has 1 fully saturated rings. The van der Waals surface area contributed by atoms with E-state index in [-0.39, 0.29) is 23.6 Å². The Morgan fingerprint density at radius 3 is 2.51 bits per heavy atom. The second kappa shape index (κ2) is 10.8. The normalized spacial score (nSPS) is 22.4. The van der Waals surface area contributed by atoms with Crippen molar-refractivity contribution < 1.29 is 14.3 Å². The summed E-state index contributed by atoms with van der Waals surface area (Å²) in [7, 11) is 0. The minimum atomic E-state index is -0.226. The molecule has 1 aliphatic heterocycles. The number of hydrogen-bond donors (Lipinski definition) is 1. The number of amides is 2. The Kier molecular flexibility index (Phi) is 7.33. The first-order chi connectivity index (χ1) is 17.9. The average Bonchev–Trinajstić information content (AvgIpc) is 2.90. The Labute approximate surface area is 223 Å². The molecule has 3 atom stereocenters. The smallest absolute Gasteiger partial charge is 0.294 e. The van der Waals surface area contributed by atoms with Crippen molar-refractivity contribution in [3.8, 4) is 5.75 Å². The summed E-state index contributed by atoms with van der Waals surface area (Å²) in [4.78, 5) is 28.0. The standard InChI is InChI=1S/C31H31ClN2O3/c1-20-6-5-7-26(21(20)2)33-30(35)24-14-10-22(11-15-24)18-29-31(36)34(19-23-12-16-25(32)17-13-23)27-8-3-4-9-28(27)37-29/h3-4,8-18,20-21,26H,5-7,19H2,1-2H3,(H,33,35)/b29-18-/t20-,21-,26-/m1/s1. The molecule has 190 valence electrons. The molecule has 6 heteroatoms. The molecule has 1 saturated carbocycles. The maximum absolute atomic E-state index is 13.5. The zero-order valence-corrected chi connectivity index (χ0v) is 21.9. The molecule has 0 saturated heterocycles. The fourth-order valence-electron chi connectivity index (χ4n) is 5.11. The van der Waals surface area contributed by atoms with Crippen LogP contribution in [0.3, 0.4) is 0 Å². The molecule has 2 aliphatic rings. The molecule has 0 aromatic heterocycles. The van der Waals surface area contributed by atoms with Crippen molar-refractivity contribution in [1.82, 2.24) is 5.32 Å². The summed E-state index contributed by atoms with van der Waals surface area (Å²) in [6.45, 7) is 4.87. The summed E-state index contributed by atoms with van der Waals surface area (Å²) >= 11 is 6.03. The minimum Gasteiger partial charge on any atom is -0.449 e. The number of carbonyl (C=O) groups excluding carboxylic acids is 2. The van der Waals surface area contributed by atoms with Gasteiger partial charge in [-0.05, 0) is 71.9 Å². The Morgan fingerprint density at radius 2 is 1.76 bits per heavy atom. The van der Waals surface area contributed by atoms with Gasteiger partial charge < -0.3 is 10.1 Å². The molecular formula is C31H31ClN2O3. The Bertz CT molecular complexity index is 1320. The third-order valence-corrected chi connectivity index (χ3v) is 7.83. The Balaban J connectivity index is 1.34. The van der Waals surface area contributed by atoms with Gasteiger partial charge in [0.1, 0.15) is 0 Å². The summed E-state index contributed by atoms with van der Waals surface area (Å²) in [5.41, 5.74) is 3.08. The van der Waals surface area contributed by atoms with Gasteiger partial charge >= 0.3 is 0 Å². The second-order valence-electron chi connectivity index (χ2n) is 10.1. The molecule has 5 nitrogen and oxygen atoms in total. The first-order valence-electron chi connectivity index (χ1n) is 12.8. The first-order valence-corrected chi connectivity index (χ1v) is 13.2. The molecule has 5 rings (SSSR count). The lowest BCUT2D eigenvalue weighted by Crippen LogP contribution is -2.43. The monoisotopic (exact) mass is 514 g/mol. The van der Waals surface area contributed by atoms with Crippen molar-refractivity contribution in [1.29, 1.82) is 0 Å². The molecule has 3 aromatic rings. The lowest BCUT2D eigenvalue weighted by Gasteiger charge is -2.34. The molecule has 1 heterocycles. The highest BCUT2D eigenvalue weighted by Gasteiger charge is 2.31. The average molecular weight is 515 g/mol. The number of fused-ring (bicyclic) bond motifs is 1. The Hall–Kier alpha value is -3.57. The largest absolute Gasteiger partial charge is 0.449 e. The highest BCUT2D eigenvalue weighted by atomic mass is 35.5. The fraction of sp³-hybridized carbons (Fsp3) is 0.290. The summed E-state index contributed by atoms with van der Waals surface area (Å²) in [5, 5.41) is 3.87. The quantitative estimate of drug-likeness (QED) is 0.378. The molecule has 0 bridgehead atoms. The molecule has 0 radical (unpaired) electrons. The highest BCUT2D eigenvalue weighted by Crippen LogP contribution is 2.36. The van der Waals surface area contributed by atoms with E-state index in [1.54, 1.807) is 23.1 Å². The van der Waals surface area contributed by atoms with Crippen molar-refractivity contribution in [3.63, 3.8) is 0 Å². The number of para-hydroxylation sites is 2. The van der Waals surface area contributed by atoms with E-state index in [1.807, 2.05) is 60.7 Å². The van der Waals surface area contributed by atoms with E-state index >= 15 is 0 Å². The minimum absolute atomic E-state index is 0.0572. The molecule has 1 N–H and O–H groups in total. The van der Waals surface area contributed by atoms with Crippen LogP contribution in [0.1, 0.15) is 54.6 Å². The summed E-state index contributed by atoms with van der Waals surface area (Å²) in [6, 6.07) is 22.4. The fourth-order valence-corrected chi connectivity index (χ4v) is 5.24. The highest BCUT2D eigenvalue weighted by molar-refractivity contribution is 6.30. The zero-order valence-electron chi connectivity index (χ0n) is 21.1. The molecular weight excluding hydrogens is 484 g/mol. The van der Waals surface area contributed by atoms with E-state index < -0.39 is 0 Å². The predicted octanol–water partition coefficient (Wildman–Crippen LogP) is 6.86. The van der Waals surface area contributed by atoms with E-state index in [0.29, 0.717) is 34.7 Å². The molecule has 1 aliphatic carbocycles. The zero-order chi connectivity index (χ0) is 25.9. The van der Waals surface area contributed by atoms with Crippen LogP contribution in [0, 0.1) is 11.8 Å². The number of benzene rings is 3. The molecule has 3 aromatic carbocycles. The first kappa shape index (κ1) is 25.1. The van der Waals surface area contributed by atoms with Crippen LogP contribution < -0.4 is 15.0 Å². The molecule has 0 unspecified atom stereocenters. The van der Waals surface area contributed by atoms with Crippen molar-refractivity contribution in [2.75, 3.05) is 4.90 Å². The van der Waals surface area contributed by atoms with Gasteiger partial charge in [0.05, 0.1) is 12.2 Å². The summed E-state index contributed by atoms with van der Waals surface area (Å²) in [5.74, 6) is 1.65. The molecule has 0 spiro atoms. The van der Waals surface area contributed by atoms with E-state index in [1.165, 1.54) is 6.42 Å². The third kappa shape index (κ3) is 5.57. The van der Waals surface area contributed by atoms with Crippen LogP contribution in [0.5, 0.6) is 5.75 Å². The number of anilines is 1. The van der Waals surface area contributed by atoms with Gasteiger partial charge in [-0.25, -0.2) is 0 Å². The number of rotatable bonds is 5. The van der Waals surface area contributed by atoms with Gasteiger partial charge in [-0.3, -0.25) is 14.5 Å². The summed E-state index contributed by atoms with van der Waals surface area (Å²) in [6.07, 6.45) is 5.11. The number of carbonyl (C=O) groups is 2. The van der Waals surface area contributed by atoms with Gasteiger partial charge in [0.25, 0.3) is 11.8 Å². The van der Waals surface area contributed by atoms with Crippen LogP contribution in [-0.2, 0) is 11.3 Å². The molecule has 2 amide bonds. The van der Waals surface area contributed by atoms with Crippen molar-refractivity contribution in [3.05, 3.63) is 100 Å². The van der Waals surface area contributed by atoms with Gasteiger partial charge in [-0.2, -0.15) is 0 Å². The van der Waals surface area contributed by atoms with Crippen molar-refractivity contribution >= 4 is 35.2 Å². The Morgan fingerprint density at radius 1 is 1.03 bits per heavy atom. The van der Waals surface area contributed by atoms with Gasteiger partial charge in [-0.1, -0.05) is 74.7 Å². The number of halogens is 1. The van der Waals surface area contributed by atoms with E-state index in [2.05, 4.69) is 19.2 Å². The number of hydrogen-bond acceptors (Lipinski definition) is 3. The maximum Gasteiger partial charge on any atom is 0.294 e. The van der Waals surface area contributed by atoms with Crippen LogP contribution in [0.4, 0.5) is 5.69 Å². The van der Waals surface area contributed by atoms with Crippen LogP contribution in [0.15, 0.2) is 78.6 Å². The van der Waals surface area contributed by atoms with E-state index in [9.17, 15) is 9.59 Å². The maximum atomic E-state index is 13.5. The van der Waals surface area contributed by atoms with Crippen LogP contribution in [0.25, 0.3) is 6.08 Å². The molecule has 37 heavy (non-hydrogen) atoms. The SMILES string of the molecule is C[C@@H]1[C@H](C)CCC[C@H]1NC(=O)c1ccc(/C=C2\Oc3ccccc3N(Cc3ccc(Cl)cc3)C2=O)cc1. The van der Waals surface area contributed by atoms with Crippen LogP contribution >= 0.6 is 11.6 Å². The van der Waals surface area contributed by atoms with Gasteiger partial charge in [0, 0.05) is 16.6 Å². The van der Waals surface area contributed by atoms with E-state index in [0.717, 1.165) is 29.7 Å². The number of nitrogens with one attached hydrogen (secondary N) is 1. The van der Waals surface area contributed by atoms with Crippen molar-refractivity contribution in [2.24, 2.45) is 11.8 Å².